The summed E-state index contributed by atoms with van der Waals surface area (Å²) in [6.45, 7) is 5.94. The highest BCUT2D eigenvalue weighted by molar-refractivity contribution is 5.87. The molecule has 0 saturated heterocycles. The van der Waals surface area contributed by atoms with Gasteiger partial charge in [-0.3, -0.25) is 9.59 Å². The molecule has 0 aliphatic rings. The Bertz CT molecular complexity index is 463. The number of carboxylic acid groups (broad SMARTS) is 1. The van der Waals surface area contributed by atoms with Gasteiger partial charge in [0.05, 0.1) is 11.8 Å². The molecular formula is C15H21NO3. The van der Waals surface area contributed by atoms with E-state index >= 15 is 0 Å². The van der Waals surface area contributed by atoms with Crippen LogP contribution < -0.4 is 0 Å². The van der Waals surface area contributed by atoms with Crippen LogP contribution in [0.2, 0.25) is 0 Å². The number of likely N-dealkylation sites (N-methyl/N-ethyl adjacent to an activating group) is 1. The van der Waals surface area contributed by atoms with Gasteiger partial charge in [0.25, 0.3) is 0 Å². The Morgan fingerprint density at radius 2 is 1.74 bits per heavy atom. The molecule has 1 aromatic rings. The Morgan fingerprint density at radius 1 is 1.21 bits per heavy atom. The quantitative estimate of drug-likeness (QED) is 0.886. The molecule has 0 heterocycles. The van der Waals surface area contributed by atoms with Crippen molar-refractivity contribution in [2.45, 2.75) is 32.6 Å². The summed E-state index contributed by atoms with van der Waals surface area (Å²) >= 11 is 0. The molecule has 0 saturated carbocycles. The van der Waals surface area contributed by atoms with E-state index in [1.165, 1.54) is 4.90 Å². The van der Waals surface area contributed by atoms with Gasteiger partial charge in [0.15, 0.2) is 0 Å². The Hall–Kier alpha value is -1.84. The average Bonchev–Trinajstić information content (AvgIpc) is 2.35. The summed E-state index contributed by atoms with van der Waals surface area (Å²) in [7, 11) is 1.64. The highest BCUT2D eigenvalue weighted by Crippen LogP contribution is 2.25. The zero-order valence-corrected chi connectivity index (χ0v) is 11.9. The minimum atomic E-state index is -0.896. The van der Waals surface area contributed by atoms with Gasteiger partial charge in [0.1, 0.15) is 0 Å². The third kappa shape index (κ3) is 3.81. The second-order valence-electron chi connectivity index (χ2n) is 5.36. The van der Waals surface area contributed by atoms with Gasteiger partial charge in [0.2, 0.25) is 5.91 Å². The molecule has 0 aliphatic heterocycles. The lowest BCUT2D eigenvalue weighted by atomic mass is 9.83. The van der Waals surface area contributed by atoms with Crippen molar-refractivity contribution in [3.63, 3.8) is 0 Å². The number of hydrogen-bond donors (Lipinski definition) is 1. The van der Waals surface area contributed by atoms with E-state index in [0.717, 1.165) is 11.1 Å². The molecule has 0 unspecified atom stereocenters. The number of carbonyl (C=O) groups is 2. The first-order valence-electron chi connectivity index (χ1n) is 6.29. The second-order valence-corrected chi connectivity index (χ2v) is 5.36. The number of rotatable bonds is 5. The molecule has 0 atom stereocenters. The van der Waals surface area contributed by atoms with Gasteiger partial charge in [0, 0.05) is 13.6 Å². The van der Waals surface area contributed by atoms with E-state index in [1.54, 1.807) is 7.05 Å². The van der Waals surface area contributed by atoms with Crippen LogP contribution in [0.1, 0.15) is 31.4 Å². The SMILES string of the molecule is Cc1ccc(C(C)(C)C(=O)N(C)CCC(=O)O)cc1. The third-order valence-electron chi connectivity index (χ3n) is 3.32. The van der Waals surface area contributed by atoms with E-state index in [2.05, 4.69) is 0 Å². The molecule has 4 heteroatoms. The maximum Gasteiger partial charge on any atom is 0.305 e. The van der Waals surface area contributed by atoms with Crippen LogP contribution in [0.15, 0.2) is 24.3 Å². The number of carbonyl (C=O) groups excluding carboxylic acids is 1. The van der Waals surface area contributed by atoms with E-state index in [0.29, 0.717) is 0 Å². The molecule has 0 fully saturated rings. The highest BCUT2D eigenvalue weighted by atomic mass is 16.4. The van der Waals surface area contributed by atoms with E-state index in [-0.39, 0.29) is 18.9 Å². The van der Waals surface area contributed by atoms with Crippen LogP contribution in [-0.2, 0) is 15.0 Å². The van der Waals surface area contributed by atoms with Crippen molar-refractivity contribution < 1.29 is 14.7 Å². The van der Waals surface area contributed by atoms with Gasteiger partial charge in [-0.05, 0) is 26.3 Å². The Balaban J connectivity index is 2.83. The molecule has 0 aliphatic carbocycles. The molecule has 0 spiro atoms. The minimum Gasteiger partial charge on any atom is -0.481 e. The Labute approximate surface area is 114 Å². The minimum absolute atomic E-state index is 0.0355. The van der Waals surface area contributed by atoms with Crippen LogP contribution in [0.4, 0.5) is 0 Å². The second kappa shape index (κ2) is 5.87. The molecule has 104 valence electrons. The Morgan fingerprint density at radius 3 is 2.21 bits per heavy atom. The van der Waals surface area contributed by atoms with Crippen molar-refractivity contribution in [3.05, 3.63) is 35.4 Å². The zero-order valence-electron chi connectivity index (χ0n) is 11.9. The van der Waals surface area contributed by atoms with Crippen molar-refractivity contribution in [1.82, 2.24) is 4.90 Å². The fraction of sp³-hybridized carbons (Fsp3) is 0.467. The van der Waals surface area contributed by atoms with Crippen LogP contribution in [0, 0.1) is 6.92 Å². The lowest BCUT2D eigenvalue weighted by Gasteiger charge is -2.29. The van der Waals surface area contributed by atoms with Crippen LogP contribution >= 0.6 is 0 Å². The smallest absolute Gasteiger partial charge is 0.305 e. The van der Waals surface area contributed by atoms with E-state index in [4.69, 9.17) is 5.11 Å². The number of aryl methyl sites for hydroxylation is 1. The number of nitrogens with zero attached hydrogens (tertiary/aromatic N) is 1. The first kappa shape index (κ1) is 15.2. The van der Waals surface area contributed by atoms with Crippen LogP contribution in [-0.4, -0.2) is 35.5 Å². The molecule has 1 N–H and O–H groups in total. The fourth-order valence-electron chi connectivity index (χ4n) is 1.94. The van der Waals surface area contributed by atoms with Gasteiger partial charge in [-0.25, -0.2) is 0 Å². The molecule has 19 heavy (non-hydrogen) atoms. The number of amides is 1. The van der Waals surface area contributed by atoms with Crippen LogP contribution in [0.3, 0.4) is 0 Å². The molecule has 1 rings (SSSR count). The molecule has 4 nitrogen and oxygen atoms in total. The molecule has 1 aromatic carbocycles. The predicted molar refractivity (Wildman–Crippen MR) is 74.1 cm³/mol. The summed E-state index contributed by atoms with van der Waals surface area (Å²) in [6.07, 6.45) is -0.0355. The first-order chi connectivity index (χ1) is 8.75. The molecule has 1 amide bonds. The average molecular weight is 263 g/mol. The summed E-state index contributed by atoms with van der Waals surface area (Å²) in [5.74, 6) is -0.967. The monoisotopic (exact) mass is 263 g/mol. The van der Waals surface area contributed by atoms with E-state index in [9.17, 15) is 9.59 Å². The van der Waals surface area contributed by atoms with Crippen molar-refractivity contribution in [2.75, 3.05) is 13.6 Å². The van der Waals surface area contributed by atoms with Crippen molar-refractivity contribution in [3.8, 4) is 0 Å². The van der Waals surface area contributed by atoms with Gasteiger partial charge in [-0.1, -0.05) is 29.8 Å². The summed E-state index contributed by atoms with van der Waals surface area (Å²) < 4.78 is 0. The summed E-state index contributed by atoms with van der Waals surface area (Å²) in [5, 5.41) is 8.66. The lowest BCUT2D eigenvalue weighted by molar-refractivity contribution is -0.139. The van der Waals surface area contributed by atoms with Gasteiger partial charge in [-0.2, -0.15) is 0 Å². The van der Waals surface area contributed by atoms with E-state index in [1.807, 2.05) is 45.0 Å². The largest absolute Gasteiger partial charge is 0.481 e. The van der Waals surface area contributed by atoms with Gasteiger partial charge >= 0.3 is 5.97 Å². The summed E-state index contributed by atoms with van der Waals surface area (Å²) in [4.78, 5) is 24.4. The zero-order chi connectivity index (χ0) is 14.6. The molecule has 0 radical (unpaired) electrons. The first-order valence-corrected chi connectivity index (χ1v) is 6.29. The standard InChI is InChI=1S/C15H21NO3/c1-11-5-7-12(8-6-11)15(2,3)14(19)16(4)10-9-13(17)18/h5-8H,9-10H2,1-4H3,(H,17,18). The number of hydrogen-bond acceptors (Lipinski definition) is 2. The van der Waals surface area contributed by atoms with Crippen molar-refractivity contribution in [2.24, 2.45) is 0 Å². The number of benzene rings is 1. The van der Waals surface area contributed by atoms with Crippen LogP contribution in [0.5, 0.6) is 0 Å². The summed E-state index contributed by atoms with van der Waals surface area (Å²) in [5.41, 5.74) is 1.43. The van der Waals surface area contributed by atoms with E-state index < -0.39 is 11.4 Å². The third-order valence-corrected chi connectivity index (χ3v) is 3.32. The van der Waals surface area contributed by atoms with Gasteiger partial charge in [-0.15, -0.1) is 0 Å². The normalized spacial score (nSPS) is 11.2. The predicted octanol–water partition coefficient (Wildman–Crippen LogP) is 2.21. The molecule has 0 aromatic heterocycles. The molecular weight excluding hydrogens is 242 g/mol. The number of aliphatic carboxylic acids is 1. The maximum absolute atomic E-state index is 12.4. The van der Waals surface area contributed by atoms with Crippen LogP contribution in [0.25, 0.3) is 0 Å². The Kier molecular flexibility index (Phi) is 4.70. The maximum atomic E-state index is 12.4. The van der Waals surface area contributed by atoms with Gasteiger partial charge < -0.3 is 10.0 Å². The highest BCUT2D eigenvalue weighted by Gasteiger charge is 2.32. The lowest BCUT2D eigenvalue weighted by Crippen LogP contribution is -2.42. The topological polar surface area (TPSA) is 57.6 Å². The van der Waals surface area contributed by atoms with Crippen molar-refractivity contribution >= 4 is 11.9 Å². The fourth-order valence-corrected chi connectivity index (χ4v) is 1.94. The van der Waals surface area contributed by atoms with Crippen molar-refractivity contribution in [1.29, 1.82) is 0 Å². The molecule has 0 bridgehead atoms. The summed E-state index contributed by atoms with van der Waals surface area (Å²) in [6, 6.07) is 7.83. The number of carboxylic acids is 1.